The fourth-order valence-corrected chi connectivity index (χ4v) is 1.77. The highest BCUT2D eigenvalue weighted by molar-refractivity contribution is 5.96. The highest BCUT2D eigenvalue weighted by Gasteiger charge is 2.13. The van der Waals surface area contributed by atoms with Crippen LogP contribution in [-0.2, 0) is 16.0 Å². The van der Waals surface area contributed by atoms with Gasteiger partial charge in [-0.25, -0.2) is 0 Å². The van der Waals surface area contributed by atoms with Gasteiger partial charge in [0.2, 0.25) is 0 Å². The zero-order valence-corrected chi connectivity index (χ0v) is 9.11. The van der Waals surface area contributed by atoms with E-state index in [9.17, 15) is 4.79 Å². The Labute approximate surface area is 94.9 Å². The first kappa shape index (κ1) is 10.7. The molecule has 1 aliphatic heterocycles. The van der Waals surface area contributed by atoms with Crippen molar-refractivity contribution in [3.05, 3.63) is 41.7 Å². The molecule has 1 heterocycles. The Kier molecular flexibility index (Phi) is 3.25. The van der Waals surface area contributed by atoms with E-state index in [1.54, 1.807) is 6.26 Å². The Bertz CT molecular complexity index is 424. The van der Waals surface area contributed by atoms with Gasteiger partial charge in [-0.2, -0.15) is 0 Å². The number of Topliss-reactive ketones (excluding diaryl/α,β-unsaturated/α-hetero) is 1. The van der Waals surface area contributed by atoms with Gasteiger partial charge in [0, 0.05) is 17.7 Å². The Morgan fingerprint density at radius 1 is 1.44 bits per heavy atom. The van der Waals surface area contributed by atoms with Crippen molar-refractivity contribution in [1.82, 2.24) is 0 Å². The minimum atomic E-state index is 0.130. The highest BCUT2D eigenvalue weighted by atomic mass is 16.5. The molecule has 1 aliphatic rings. The van der Waals surface area contributed by atoms with Crippen molar-refractivity contribution < 1.29 is 9.53 Å². The number of nitrogen functional groups attached to an aromatic ring is 1. The van der Waals surface area contributed by atoms with E-state index in [0.29, 0.717) is 12.1 Å². The van der Waals surface area contributed by atoms with Crippen molar-refractivity contribution >= 4 is 11.5 Å². The molecule has 3 heteroatoms. The normalized spacial score (nSPS) is 15.1. The Morgan fingerprint density at radius 2 is 2.31 bits per heavy atom. The van der Waals surface area contributed by atoms with Gasteiger partial charge in [0.1, 0.15) is 0 Å². The molecule has 2 N–H and O–H groups in total. The van der Waals surface area contributed by atoms with Crippen LogP contribution in [0, 0.1) is 0 Å². The molecule has 1 aromatic rings. The van der Waals surface area contributed by atoms with Gasteiger partial charge < -0.3 is 10.5 Å². The molecule has 0 fully saturated rings. The molecule has 0 aliphatic carbocycles. The van der Waals surface area contributed by atoms with E-state index in [-0.39, 0.29) is 5.78 Å². The third-order valence-corrected chi connectivity index (χ3v) is 2.61. The summed E-state index contributed by atoms with van der Waals surface area (Å²) in [6, 6.07) is 7.43. The monoisotopic (exact) mass is 217 g/mol. The number of carbonyl (C=O) groups excluding carboxylic acids is 1. The number of anilines is 1. The van der Waals surface area contributed by atoms with Crippen molar-refractivity contribution in [1.29, 1.82) is 0 Å². The number of allylic oxidation sites excluding steroid dienone is 1. The van der Waals surface area contributed by atoms with Gasteiger partial charge in [0.15, 0.2) is 5.78 Å². The molecule has 0 radical (unpaired) electrons. The van der Waals surface area contributed by atoms with Crippen molar-refractivity contribution in [2.45, 2.75) is 19.3 Å². The second-order valence-electron chi connectivity index (χ2n) is 3.96. The Hall–Kier alpha value is -1.77. The molecule has 16 heavy (non-hydrogen) atoms. The number of hydrogen-bond donors (Lipinski definition) is 1. The smallest absolute Gasteiger partial charge is 0.166 e. The van der Waals surface area contributed by atoms with Crippen LogP contribution in [0.15, 0.2) is 36.1 Å². The molecular formula is C13H15NO2. The van der Waals surface area contributed by atoms with E-state index in [1.165, 1.54) is 0 Å². The average Bonchev–Trinajstić information content (AvgIpc) is 2.30. The maximum atomic E-state index is 11.9. The summed E-state index contributed by atoms with van der Waals surface area (Å²) in [5, 5.41) is 0. The molecule has 0 saturated carbocycles. The number of nitrogens with two attached hydrogens (primary N) is 1. The Balaban J connectivity index is 2.04. The van der Waals surface area contributed by atoms with E-state index < -0.39 is 0 Å². The molecule has 0 spiro atoms. The first-order valence-electron chi connectivity index (χ1n) is 5.44. The molecule has 1 aromatic carbocycles. The maximum absolute atomic E-state index is 11.9. The first-order chi connectivity index (χ1) is 7.75. The fraction of sp³-hybridized carbons (Fsp3) is 0.308. The number of rotatable bonds is 3. The molecule has 2 rings (SSSR count). The lowest BCUT2D eigenvalue weighted by Crippen LogP contribution is -2.11. The first-order valence-corrected chi connectivity index (χ1v) is 5.44. The minimum absolute atomic E-state index is 0.130. The lowest BCUT2D eigenvalue weighted by molar-refractivity contribution is -0.115. The molecule has 0 aromatic heterocycles. The van der Waals surface area contributed by atoms with E-state index in [0.717, 1.165) is 30.6 Å². The lowest BCUT2D eigenvalue weighted by atomic mass is 9.99. The SMILES string of the molecule is Nc1cccc(CC(=O)C2=COCCC2)c1. The van der Waals surface area contributed by atoms with Crippen LogP contribution >= 0.6 is 0 Å². The summed E-state index contributed by atoms with van der Waals surface area (Å²) in [5.41, 5.74) is 8.10. The number of ketones is 1. The zero-order chi connectivity index (χ0) is 11.4. The van der Waals surface area contributed by atoms with Gasteiger partial charge in [0.25, 0.3) is 0 Å². The summed E-state index contributed by atoms with van der Waals surface area (Å²) in [7, 11) is 0. The summed E-state index contributed by atoms with van der Waals surface area (Å²) < 4.78 is 5.16. The van der Waals surface area contributed by atoms with Gasteiger partial charge in [-0.05, 0) is 30.5 Å². The van der Waals surface area contributed by atoms with Crippen LogP contribution in [-0.4, -0.2) is 12.4 Å². The Morgan fingerprint density at radius 3 is 3.00 bits per heavy atom. The molecular weight excluding hydrogens is 202 g/mol. The maximum Gasteiger partial charge on any atom is 0.166 e. The highest BCUT2D eigenvalue weighted by Crippen LogP contribution is 2.16. The van der Waals surface area contributed by atoms with Crippen LogP contribution in [0.4, 0.5) is 5.69 Å². The van der Waals surface area contributed by atoms with Crippen LogP contribution < -0.4 is 5.73 Å². The summed E-state index contributed by atoms with van der Waals surface area (Å²) in [5.74, 6) is 0.130. The second-order valence-corrected chi connectivity index (χ2v) is 3.96. The minimum Gasteiger partial charge on any atom is -0.501 e. The predicted molar refractivity (Wildman–Crippen MR) is 62.8 cm³/mol. The van der Waals surface area contributed by atoms with Crippen LogP contribution in [0.3, 0.4) is 0 Å². The van der Waals surface area contributed by atoms with Crippen LogP contribution in [0.1, 0.15) is 18.4 Å². The van der Waals surface area contributed by atoms with Crippen molar-refractivity contribution in [2.24, 2.45) is 0 Å². The van der Waals surface area contributed by atoms with E-state index >= 15 is 0 Å². The molecule has 0 unspecified atom stereocenters. The number of hydrogen-bond acceptors (Lipinski definition) is 3. The third-order valence-electron chi connectivity index (χ3n) is 2.61. The van der Waals surface area contributed by atoms with Gasteiger partial charge in [0.05, 0.1) is 12.9 Å². The molecule has 0 amide bonds. The quantitative estimate of drug-likeness (QED) is 0.788. The van der Waals surface area contributed by atoms with Gasteiger partial charge in [-0.3, -0.25) is 4.79 Å². The largest absolute Gasteiger partial charge is 0.501 e. The van der Waals surface area contributed by atoms with Gasteiger partial charge in [-0.1, -0.05) is 12.1 Å². The van der Waals surface area contributed by atoms with Crippen LogP contribution in [0.25, 0.3) is 0 Å². The topological polar surface area (TPSA) is 52.3 Å². The van der Waals surface area contributed by atoms with Crippen molar-refractivity contribution in [3.8, 4) is 0 Å². The third kappa shape index (κ3) is 2.63. The lowest BCUT2D eigenvalue weighted by Gasteiger charge is -2.12. The molecule has 0 atom stereocenters. The van der Waals surface area contributed by atoms with E-state index in [1.807, 2.05) is 24.3 Å². The summed E-state index contributed by atoms with van der Waals surface area (Å²) >= 11 is 0. The molecule has 0 saturated heterocycles. The number of benzene rings is 1. The molecule has 0 bridgehead atoms. The molecule has 3 nitrogen and oxygen atoms in total. The van der Waals surface area contributed by atoms with Gasteiger partial charge >= 0.3 is 0 Å². The van der Waals surface area contributed by atoms with Crippen molar-refractivity contribution in [3.63, 3.8) is 0 Å². The molecule has 84 valence electrons. The average molecular weight is 217 g/mol. The van der Waals surface area contributed by atoms with Crippen LogP contribution in [0.5, 0.6) is 0 Å². The number of carbonyl (C=O) groups is 1. The standard InChI is InChI=1S/C13H15NO2/c14-12-5-1-3-10(7-12)8-13(15)11-4-2-6-16-9-11/h1,3,5,7,9H,2,4,6,8,14H2. The van der Waals surface area contributed by atoms with E-state index in [4.69, 9.17) is 10.5 Å². The zero-order valence-electron chi connectivity index (χ0n) is 9.11. The summed E-state index contributed by atoms with van der Waals surface area (Å²) in [4.78, 5) is 11.9. The van der Waals surface area contributed by atoms with Crippen molar-refractivity contribution in [2.75, 3.05) is 12.3 Å². The predicted octanol–water partition coefficient (Wildman–Crippen LogP) is 2.07. The van der Waals surface area contributed by atoms with E-state index in [2.05, 4.69) is 0 Å². The summed E-state index contributed by atoms with van der Waals surface area (Å²) in [6.45, 7) is 0.717. The van der Waals surface area contributed by atoms with Gasteiger partial charge in [-0.15, -0.1) is 0 Å². The fourth-order valence-electron chi connectivity index (χ4n) is 1.77. The summed E-state index contributed by atoms with van der Waals surface area (Å²) in [6.07, 6.45) is 3.74. The van der Waals surface area contributed by atoms with Crippen LogP contribution in [0.2, 0.25) is 0 Å². The number of ether oxygens (including phenoxy) is 1. The second kappa shape index (κ2) is 4.84.